The number of carbonyl (C=O) groups is 2. The number of carbonyl (C=O) groups excluding carboxylic acids is 2. The molecule has 0 atom stereocenters. The molecule has 0 bridgehead atoms. The monoisotopic (exact) mass is 455 g/mol. The molecule has 2 aromatic carbocycles. The lowest BCUT2D eigenvalue weighted by molar-refractivity contribution is 0.102. The summed E-state index contributed by atoms with van der Waals surface area (Å²) < 4.78 is 15.6. The molecule has 3 rings (SSSR count). The van der Waals surface area contributed by atoms with E-state index in [1.165, 1.54) is 19.2 Å². The molecule has 4 N–H and O–H groups in total. The first-order chi connectivity index (χ1) is 15.7. The van der Waals surface area contributed by atoms with Crippen molar-refractivity contribution in [1.82, 2.24) is 10.5 Å². The number of benzene rings is 2. The average Bonchev–Trinajstić information content (AvgIpc) is 3.15. The number of aromatic hydroxyl groups is 2. The first-order valence-corrected chi connectivity index (χ1v) is 10.2. The highest BCUT2D eigenvalue weighted by molar-refractivity contribution is 6.07. The lowest BCUT2D eigenvalue weighted by atomic mass is 9.97. The number of amides is 2. The molecule has 10 nitrogen and oxygen atoms in total. The Morgan fingerprint density at radius 1 is 1.12 bits per heavy atom. The third-order valence-corrected chi connectivity index (χ3v) is 4.77. The van der Waals surface area contributed by atoms with Crippen LogP contribution in [0, 0.1) is 0 Å². The molecule has 0 unspecified atom stereocenters. The number of anilines is 1. The van der Waals surface area contributed by atoms with Crippen LogP contribution in [0.15, 0.2) is 40.9 Å². The van der Waals surface area contributed by atoms with E-state index in [0.717, 1.165) is 0 Å². The van der Waals surface area contributed by atoms with E-state index in [1.807, 2.05) is 13.8 Å². The highest BCUT2D eigenvalue weighted by Crippen LogP contribution is 2.43. The fourth-order valence-corrected chi connectivity index (χ4v) is 3.07. The number of phenols is 2. The van der Waals surface area contributed by atoms with Crippen LogP contribution in [0.25, 0.3) is 11.3 Å². The summed E-state index contributed by atoms with van der Waals surface area (Å²) in [6.07, 6.45) is -0.796. The Bertz CT molecular complexity index is 1150. The van der Waals surface area contributed by atoms with Crippen molar-refractivity contribution in [2.45, 2.75) is 26.7 Å². The number of nitrogens with one attached hydrogen (secondary N) is 2. The van der Waals surface area contributed by atoms with Gasteiger partial charge in [0.25, 0.3) is 11.8 Å². The molecule has 0 saturated carbocycles. The number of aromatic nitrogens is 1. The SMILES string of the molecule is CCNC(=O)Oc1noc(-c2cc(C(C)C)c(O)cc2O)c1NC(=O)c1ccc(OC)cc1. The minimum Gasteiger partial charge on any atom is -0.508 e. The lowest BCUT2D eigenvalue weighted by Crippen LogP contribution is -2.26. The van der Waals surface area contributed by atoms with Gasteiger partial charge in [0, 0.05) is 18.2 Å². The van der Waals surface area contributed by atoms with Crippen molar-refractivity contribution < 1.29 is 33.8 Å². The number of rotatable bonds is 7. The Morgan fingerprint density at radius 3 is 2.42 bits per heavy atom. The summed E-state index contributed by atoms with van der Waals surface area (Å²) in [6, 6.07) is 9.05. The summed E-state index contributed by atoms with van der Waals surface area (Å²) in [5.41, 5.74) is 0.931. The van der Waals surface area contributed by atoms with Gasteiger partial charge in [-0.05, 0) is 53.9 Å². The van der Waals surface area contributed by atoms with Gasteiger partial charge in [0.05, 0.1) is 12.7 Å². The molecule has 1 heterocycles. The van der Waals surface area contributed by atoms with Crippen LogP contribution in [0.2, 0.25) is 0 Å². The van der Waals surface area contributed by atoms with Crippen LogP contribution in [0.5, 0.6) is 23.1 Å². The third-order valence-electron chi connectivity index (χ3n) is 4.77. The van der Waals surface area contributed by atoms with Gasteiger partial charge in [-0.25, -0.2) is 4.79 Å². The van der Waals surface area contributed by atoms with E-state index in [1.54, 1.807) is 31.2 Å². The average molecular weight is 455 g/mol. The molecule has 0 spiro atoms. The Morgan fingerprint density at radius 2 is 1.82 bits per heavy atom. The van der Waals surface area contributed by atoms with Crippen molar-refractivity contribution >= 4 is 17.7 Å². The molecule has 0 aliphatic rings. The minimum atomic E-state index is -0.796. The van der Waals surface area contributed by atoms with Crippen molar-refractivity contribution in [2.24, 2.45) is 0 Å². The third kappa shape index (κ3) is 5.17. The maximum absolute atomic E-state index is 12.9. The van der Waals surface area contributed by atoms with E-state index in [-0.39, 0.29) is 40.3 Å². The molecular weight excluding hydrogens is 430 g/mol. The highest BCUT2D eigenvalue weighted by Gasteiger charge is 2.26. The van der Waals surface area contributed by atoms with Gasteiger partial charge in [-0.2, -0.15) is 0 Å². The molecule has 0 aliphatic heterocycles. The lowest BCUT2D eigenvalue weighted by Gasteiger charge is -2.12. The second-order valence-corrected chi connectivity index (χ2v) is 7.38. The van der Waals surface area contributed by atoms with Crippen molar-refractivity contribution in [3.63, 3.8) is 0 Å². The normalized spacial score (nSPS) is 10.7. The number of nitrogens with zero attached hydrogens (tertiary/aromatic N) is 1. The summed E-state index contributed by atoms with van der Waals surface area (Å²) in [6.45, 7) is 5.76. The number of hydrogen-bond donors (Lipinski definition) is 4. The van der Waals surface area contributed by atoms with Crippen LogP contribution in [0.3, 0.4) is 0 Å². The quantitative estimate of drug-likeness (QED) is 0.414. The molecule has 33 heavy (non-hydrogen) atoms. The van der Waals surface area contributed by atoms with E-state index in [0.29, 0.717) is 23.4 Å². The van der Waals surface area contributed by atoms with Crippen molar-refractivity contribution in [2.75, 3.05) is 19.0 Å². The summed E-state index contributed by atoms with van der Waals surface area (Å²) in [5.74, 6) is -0.772. The zero-order chi connectivity index (χ0) is 24.1. The Kier molecular flexibility index (Phi) is 7.07. The van der Waals surface area contributed by atoms with E-state index < -0.39 is 12.0 Å². The maximum Gasteiger partial charge on any atom is 0.414 e. The summed E-state index contributed by atoms with van der Waals surface area (Å²) in [5, 5.41) is 29.5. The topological polar surface area (TPSA) is 143 Å². The second-order valence-electron chi connectivity index (χ2n) is 7.38. The molecule has 0 saturated heterocycles. The van der Waals surface area contributed by atoms with Crippen LogP contribution < -0.4 is 20.1 Å². The van der Waals surface area contributed by atoms with Gasteiger partial charge >= 0.3 is 6.09 Å². The Hall–Kier alpha value is -4.21. The summed E-state index contributed by atoms with van der Waals surface area (Å²) >= 11 is 0. The highest BCUT2D eigenvalue weighted by atomic mass is 16.6. The molecule has 1 aromatic heterocycles. The van der Waals surface area contributed by atoms with Crippen LogP contribution in [0.4, 0.5) is 10.5 Å². The first kappa shape index (κ1) is 23.5. The van der Waals surface area contributed by atoms with Crippen LogP contribution in [-0.2, 0) is 0 Å². The van der Waals surface area contributed by atoms with Gasteiger partial charge in [0.1, 0.15) is 17.2 Å². The second kappa shape index (κ2) is 9.94. The number of hydrogen-bond acceptors (Lipinski definition) is 8. The Balaban J connectivity index is 2.06. The fourth-order valence-electron chi connectivity index (χ4n) is 3.07. The first-order valence-electron chi connectivity index (χ1n) is 10.2. The zero-order valence-corrected chi connectivity index (χ0v) is 18.6. The van der Waals surface area contributed by atoms with Gasteiger partial charge < -0.3 is 34.8 Å². The van der Waals surface area contributed by atoms with Crippen molar-refractivity contribution in [3.05, 3.63) is 47.5 Å². The Labute approximate surface area is 190 Å². The van der Waals surface area contributed by atoms with Crippen molar-refractivity contribution in [1.29, 1.82) is 0 Å². The van der Waals surface area contributed by atoms with Gasteiger partial charge in [-0.3, -0.25) is 4.79 Å². The number of phenolic OH excluding ortho intramolecular Hbond substituents is 2. The summed E-state index contributed by atoms with van der Waals surface area (Å²) in [7, 11) is 1.51. The zero-order valence-electron chi connectivity index (χ0n) is 18.6. The minimum absolute atomic E-state index is 0.0458. The molecule has 0 fully saturated rings. The molecule has 10 heteroatoms. The smallest absolute Gasteiger partial charge is 0.414 e. The molecule has 2 amide bonds. The van der Waals surface area contributed by atoms with Crippen LogP contribution in [0.1, 0.15) is 42.6 Å². The number of ether oxygens (including phenoxy) is 2. The van der Waals surface area contributed by atoms with Gasteiger partial charge in [-0.1, -0.05) is 13.8 Å². The van der Waals surface area contributed by atoms with Crippen LogP contribution in [-0.4, -0.2) is 41.0 Å². The predicted octanol–water partition coefficient (Wildman–Crippen LogP) is 4.25. The van der Waals surface area contributed by atoms with E-state index >= 15 is 0 Å². The largest absolute Gasteiger partial charge is 0.508 e. The van der Waals surface area contributed by atoms with Gasteiger partial charge in [0.2, 0.25) is 0 Å². The van der Waals surface area contributed by atoms with Gasteiger partial charge in [0.15, 0.2) is 11.4 Å². The van der Waals surface area contributed by atoms with E-state index in [4.69, 9.17) is 14.0 Å². The molecule has 0 radical (unpaired) electrons. The number of methoxy groups -OCH3 is 1. The van der Waals surface area contributed by atoms with E-state index in [2.05, 4.69) is 15.8 Å². The van der Waals surface area contributed by atoms with E-state index in [9.17, 15) is 19.8 Å². The van der Waals surface area contributed by atoms with Crippen LogP contribution >= 0.6 is 0 Å². The standard InChI is InChI=1S/C23H25N3O7/c1-5-24-23(30)32-22-19(25-21(29)13-6-8-14(31-4)9-7-13)20(33-26-22)16-10-15(12(2)3)17(27)11-18(16)28/h6-12,27-28H,5H2,1-4H3,(H,24,30)(H,25,29). The summed E-state index contributed by atoms with van der Waals surface area (Å²) in [4.78, 5) is 24.9. The molecule has 174 valence electrons. The molecular formula is C23H25N3O7. The fraction of sp³-hybridized carbons (Fsp3) is 0.261. The predicted molar refractivity (Wildman–Crippen MR) is 120 cm³/mol. The van der Waals surface area contributed by atoms with Gasteiger partial charge in [-0.15, -0.1) is 0 Å². The molecule has 3 aromatic rings. The van der Waals surface area contributed by atoms with Crippen molar-refractivity contribution in [3.8, 4) is 34.5 Å². The maximum atomic E-state index is 12.9. The molecule has 0 aliphatic carbocycles.